The Morgan fingerprint density at radius 3 is 2.81 bits per heavy atom. The molecule has 0 aliphatic carbocycles. The van der Waals surface area contributed by atoms with E-state index >= 15 is 0 Å². The van der Waals surface area contributed by atoms with Crippen LogP contribution in [0.1, 0.15) is 22.9 Å². The zero-order valence-electron chi connectivity index (χ0n) is 8.90. The largest absolute Gasteiger partial charge is 0.324 e. The topological polar surface area (TPSA) is 26.0 Å². The summed E-state index contributed by atoms with van der Waals surface area (Å²) in [5.41, 5.74) is 7.36. The van der Waals surface area contributed by atoms with Crippen molar-refractivity contribution in [3.05, 3.63) is 56.7 Å². The first-order valence-corrected chi connectivity index (χ1v) is 6.96. The Labute approximate surface area is 108 Å². The molecular formula is C13H14BrNS. The van der Waals surface area contributed by atoms with Crippen molar-refractivity contribution in [2.45, 2.75) is 18.9 Å². The van der Waals surface area contributed by atoms with Crippen LogP contribution < -0.4 is 5.73 Å². The maximum absolute atomic E-state index is 6.16. The van der Waals surface area contributed by atoms with Crippen molar-refractivity contribution in [3.8, 4) is 0 Å². The van der Waals surface area contributed by atoms with Gasteiger partial charge in [0.15, 0.2) is 0 Å². The van der Waals surface area contributed by atoms with Crippen LogP contribution in [0.5, 0.6) is 0 Å². The minimum absolute atomic E-state index is 0.125. The molecule has 1 aromatic carbocycles. The van der Waals surface area contributed by atoms with Crippen LogP contribution in [-0.2, 0) is 6.42 Å². The monoisotopic (exact) mass is 295 g/mol. The molecule has 0 saturated carbocycles. The molecular weight excluding hydrogens is 282 g/mol. The Hall–Kier alpha value is -0.640. The number of halogens is 1. The Morgan fingerprint density at radius 1 is 1.25 bits per heavy atom. The van der Waals surface area contributed by atoms with Crippen LogP contribution in [0, 0.1) is 0 Å². The number of benzene rings is 1. The predicted molar refractivity (Wildman–Crippen MR) is 73.7 cm³/mol. The second kappa shape index (κ2) is 5.62. The van der Waals surface area contributed by atoms with E-state index in [1.54, 1.807) is 11.3 Å². The Bertz CT molecular complexity index is 439. The number of hydrogen-bond donors (Lipinski definition) is 1. The summed E-state index contributed by atoms with van der Waals surface area (Å²) in [6.45, 7) is 0. The maximum atomic E-state index is 6.16. The highest BCUT2D eigenvalue weighted by atomic mass is 79.9. The average molecular weight is 296 g/mol. The molecule has 1 unspecified atom stereocenters. The summed E-state index contributed by atoms with van der Waals surface area (Å²) >= 11 is 5.27. The summed E-state index contributed by atoms with van der Waals surface area (Å²) in [5, 5.41) is 2.11. The van der Waals surface area contributed by atoms with E-state index in [0.717, 1.165) is 17.3 Å². The van der Waals surface area contributed by atoms with Crippen molar-refractivity contribution in [1.29, 1.82) is 0 Å². The van der Waals surface area contributed by atoms with E-state index in [-0.39, 0.29) is 6.04 Å². The Balaban J connectivity index is 1.95. The third-order valence-electron chi connectivity index (χ3n) is 2.56. The van der Waals surface area contributed by atoms with Gasteiger partial charge >= 0.3 is 0 Å². The maximum Gasteiger partial charge on any atom is 0.0298 e. The molecule has 0 fully saturated rings. The number of aryl methyl sites for hydroxylation is 1. The van der Waals surface area contributed by atoms with Gasteiger partial charge in [0.25, 0.3) is 0 Å². The van der Waals surface area contributed by atoms with Crippen molar-refractivity contribution in [2.75, 3.05) is 0 Å². The third kappa shape index (κ3) is 3.17. The SMILES string of the molecule is NC(CCc1cccs1)c1cccc(Br)c1. The molecule has 84 valence electrons. The summed E-state index contributed by atoms with van der Waals surface area (Å²) in [6, 6.07) is 12.6. The first-order valence-electron chi connectivity index (χ1n) is 5.29. The van der Waals surface area contributed by atoms with Crippen molar-refractivity contribution < 1.29 is 0 Å². The van der Waals surface area contributed by atoms with Gasteiger partial charge in [-0.2, -0.15) is 0 Å². The molecule has 2 rings (SSSR count). The smallest absolute Gasteiger partial charge is 0.0298 e. The molecule has 2 aromatic rings. The Morgan fingerprint density at radius 2 is 2.12 bits per heavy atom. The molecule has 0 aliphatic heterocycles. The summed E-state index contributed by atoms with van der Waals surface area (Å²) in [5.74, 6) is 0. The highest BCUT2D eigenvalue weighted by molar-refractivity contribution is 9.10. The van der Waals surface area contributed by atoms with E-state index in [1.807, 2.05) is 12.1 Å². The zero-order chi connectivity index (χ0) is 11.4. The van der Waals surface area contributed by atoms with Gasteiger partial charge in [-0.15, -0.1) is 11.3 Å². The van der Waals surface area contributed by atoms with Crippen LogP contribution in [0.4, 0.5) is 0 Å². The molecule has 0 bridgehead atoms. The number of thiophene rings is 1. The standard InChI is InChI=1S/C13H14BrNS/c14-11-4-1-3-10(9-11)13(15)7-6-12-5-2-8-16-12/h1-5,8-9,13H,6-7,15H2. The predicted octanol–water partition coefficient (Wildman–Crippen LogP) is 4.14. The zero-order valence-corrected chi connectivity index (χ0v) is 11.3. The number of hydrogen-bond acceptors (Lipinski definition) is 2. The van der Waals surface area contributed by atoms with Gasteiger partial charge in [0, 0.05) is 15.4 Å². The van der Waals surface area contributed by atoms with Crippen LogP contribution in [0.2, 0.25) is 0 Å². The second-order valence-electron chi connectivity index (χ2n) is 3.78. The van der Waals surface area contributed by atoms with E-state index in [0.29, 0.717) is 0 Å². The van der Waals surface area contributed by atoms with E-state index in [1.165, 1.54) is 10.4 Å². The molecule has 2 N–H and O–H groups in total. The molecule has 16 heavy (non-hydrogen) atoms. The van der Waals surface area contributed by atoms with Crippen molar-refractivity contribution in [1.82, 2.24) is 0 Å². The van der Waals surface area contributed by atoms with E-state index in [9.17, 15) is 0 Å². The minimum atomic E-state index is 0.125. The third-order valence-corrected chi connectivity index (χ3v) is 3.99. The van der Waals surface area contributed by atoms with E-state index < -0.39 is 0 Å². The lowest BCUT2D eigenvalue weighted by atomic mass is 10.0. The lowest BCUT2D eigenvalue weighted by molar-refractivity contribution is 0.655. The molecule has 0 spiro atoms. The van der Waals surface area contributed by atoms with Gasteiger partial charge < -0.3 is 5.73 Å². The van der Waals surface area contributed by atoms with Crippen molar-refractivity contribution in [3.63, 3.8) is 0 Å². The first kappa shape index (κ1) is 11.8. The van der Waals surface area contributed by atoms with Gasteiger partial charge in [-0.3, -0.25) is 0 Å². The fraction of sp³-hybridized carbons (Fsp3) is 0.231. The van der Waals surface area contributed by atoms with Gasteiger partial charge in [-0.05, 0) is 42.0 Å². The summed E-state index contributed by atoms with van der Waals surface area (Å²) < 4.78 is 1.09. The normalized spacial score (nSPS) is 12.6. The fourth-order valence-electron chi connectivity index (χ4n) is 1.66. The number of rotatable bonds is 4. The molecule has 1 heterocycles. The van der Waals surface area contributed by atoms with Crippen LogP contribution >= 0.6 is 27.3 Å². The van der Waals surface area contributed by atoms with Gasteiger partial charge in [-0.25, -0.2) is 0 Å². The minimum Gasteiger partial charge on any atom is -0.324 e. The quantitative estimate of drug-likeness (QED) is 0.901. The van der Waals surface area contributed by atoms with E-state index in [4.69, 9.17) is 5.73 Å². The van der Waals surface area contributed by atoms with Crippen LogP contribution in [0.25, 0.3) is 0 Å². The summed E-state index contributed by atoms with van der Waals surface area (Å²) in [4.78, 5) is 1.41. The molecule has 0 amide bonds. The highest BCUT2D eigenvalue weighted by Gasteiger charge is 2.06. The molecule has 0 saturated heterocycles. The van der Waals surface area contributed by atoms with Crippen molar-refractivity contribution in [2.24, 2.45) is 5.73 Å². The van der Waals surface area contributed by atoms with Crippen molar-refractivity contribution >= 4 is 27.3 Å². The summed E-state index contributed by atoms with van der Waals surface area (Å²) in [7, 11) is 0. The molecule has 0 aliphatic rings. The Kier molecular flexibility index (Phi) is 4.16. The van der Waals surface area contributed by atoms with Gasteiger partial charge in [0.05, 0.1) is 0 Å². The fourth-order valence-corrected chi connectivity index (χ4v) is 2.80. The molecule has 1 aromatic heterocycles. The van der Waals surface area contributed by atoms with E-state index in [2.05, 4.69) is 45.6 Å². The number of nitrogens with two attached hydrogens (primary N) is 1. The first-order chi connectivity index (χ1) is 7.75. The summed E-state index contributed by atoms with van der Waals surface area (Å²) in [6.07, 6.45) is 2.06. The molecule has 0 radical (unpaired) electrons. The van der Waals surface area contributed by atoms with Crippen LogP contribution in [0.3, 0.4) is 0 Å². The molecule has 3 heteroatoms. The highest BCUT2D eigenvalue weighted by Crippen LogP contribution is 2.21. The van der Waals surface area contributed by atoms with Gasteiger partial charge in [0.2, 0.25) is 0 Å². The molecule has 1 nitrogen and oxygen atoms in total. The van der Waals surface area contributed by atoms with Crippen LogP contribution in [0.15, 0.2) is 46.3 Å². The second-order valence-corrected chi connectivity index (χ2v) is 5.73. The van der Waals surface area contributed by atoms with Crippen LogP contribution in [-0.4, -0.2) is 0 Å². The molecule has 1 atom stereocenters. The average Bonchev–Trinajstić information content (AvgIpc) is 2.78. The van der Waals surface area contributed by atoms with Gasteiger partial charge in [0.1, 0.15) is 0 Å². The van der Waals surface area contributed by atoms with Gasteiger partial charge in [-0.1, -0.05) is 34.1 Å². The lowest BCUT2D eigenvalue weighted by Gasteiger charge is -2.11. The lowest BCUT2D eigenvalue weighted by Crippen LogP contribution is -2.10.